The van der Waals surface area contributed by atoms with E-state index in [0.717, 1.165) is 23.3 Å². The Morgan fingerprint density at radius 3 is 2.12 bits per heavy atom. The molecular formula is C17H25NO5S. The summed E-state index contributed by atoms with van der Waals surface area (Å²) < 4.78 is 44.3. The Balaban J connectivity index is 1.79. The highest BCUT2D eigenvalue weighted by Crippen LogP contribution is 2.34. The number of hydrogen-bond acceptors (Lipinski definition) is 5. The summed E-state index contributed by atoms with van der Waals surface area (Å²) in [6.07, 6.45) is 2.04. The molecule has 1 aromatic carbocycles. The molecule has 1 aromatic rings. The van der Waals surface area contributed by atoms with Gasteiger partial charge in [-0.1, -0.05) is 0 Å². The van der Waals surface area contributed by atoms with Crippen LogP contribution in [0.1, 0.15) is 30.4 Å². The summed E-state index contributed by atoms with van der Waals surface area (Å²) in [7, 11) is -1.93. The van der Waals surface area contributed by atoms with Crippen molar-refractivity contribution in [2.24, 2.45) is 0 Å². The largest absolute Gasteiger partial charge is 0.496 e. The summed E-state index contributed by atoms with van der Waals surface area (Å²) in [6, 6.07) is 3.36. The van der Waals surface area contributed by atoms with Gasteiger partial charge < -0.3 is 14.2 Å². The Bertz CT molecular complexity index is 677. The molecule has 0 unspecified atom stereocenters. The van der Waals surface area contributed by atoms with Gasteiger partial charge in [-0.3, -0.25) is 0 Å². The monoisotopic (exact) mass is 355 g/mol. The highest BCUT2D eigenvalue weighted by Gasteiger charge is 2.41. The van der Waals surface area contributed by atoms with Crippen LogP contribution in [-0.2, 0) is 19.5 Å². The summed E-state index contributed by atoms with van der Waals surface area (Å²) in [4.78, 5) is 0.319. The molecule has 134 valence electrons. The van der Waals surface area contributed by atoms with Crippen LogP contribution in [0.5, 0.6) is 5.75 Å². The molecule has 0 bridgehead atoms. The van der Waals surface area contributed by atoms with Crippen molar-refractivity contribution in [2.45, 2.75) is 43.8 Å². The van der Waals surface area contributed by atoms with Crippen LogP contribution < -0.4 is 4.74 Å². The van der Waals surface area contributed by atoms with Crippen molar-refractivity contribution in [3.05, 3.63) is 23.3 Å². The predicted molar refractivity (Wildman–Crippen MR) is 89.7 cm³/mol. The summed E-state index contributed by atoms with van der Waals surface area (Å²) in [5.74, 6) is 0.145. The highest BCUT2D eigenvalue weighted by atomic mass is 32.2. The number of nitrogens with zero attached hydrogens (tertiary/aromatic N) is 1. The number of aryl methyl sites for hydroxylation is 2. The number of piperidine rings is 1. The van der Waals surface area contributed by atoms with E-state index in [1.807, 2.05) is 13.8 Å². The lowest BCUT2D eigenvalue weighted by molar-refractivity contribution is -0.280. The zero-order valence-corrected chi connectivity index (χ0v) is 15.3. The standard InChI is InChI=1S/C17H25NO5S/c1-13-11-15(12-14(2)16(13)21-3)24(19,20)18-7-5-17(6-8-18)22-9-4-10-23-17/h11-12H,4-10H2,1-3H3. The third kappa shape index (κ3) is 3.18. The summed E-state index contributed by atoms with van der Waals surface area (Å²) in [5, 5.41) is 0. The van der Waals surface area contributed by atoms with Gasteiger partial charge in [0.15, 0.2) is 5.79 Å². The number of hydrogen-bond donors (Lipinski definition) is 0. The number of sulfonamides is 1. The zero-order chi connectivity index (χ0) is 17.4. The first-order valence-electron chi connectivity index (χ1n) is 8.31. The highest BCUT2D eigenvalue weighted by molar-refractivity contribution is 7.89. The second-order valence-electron chi connectivity index (χ2n) is 6.46. The molecule has 2 saturated heterocycles. The first-order valence-corrected chi connectivity index (χ1v) is 9.75. The molecule has 1 spiro atoms. The zero-order valence-electron chi connectivity index (χ0n) is 14.5. The van der Waals surface area contributed by atoms with E-state index in [1.54, 1.807) is 19.2 Å². The van der Waals surface area contributed by atoms with Gasteiger partial charge in [0, 0.05) is 25.9 Å². The Morgan fingerprint density at radius 1 is 1.08 bits per heavy atom. The quantitative estimate of drug-likeness (QED) is 0.832. The van der Waals surface area contributed by atoms with E-state index in [0.29, 0.717) is 44.0 Å². The minimum absolute atomic E-state index is 0.319. The van der Waals surface area contributed by atoms with Crippen LogP contribution in [0.4, 0.5) is 0 Å². The fourth-order valence-electron chi connectivity index (χ4n) is 3.50. The molecule has 0 aromatic heterocycles. The van der Waals surface area contributed by atoms with E-state index in [9.17, 15) is 8.42 Å². The number of ether oxygens (including phenoxy) is 3. The van der Waals surface area contributed by atoms with Crippen molar-refractivity contribution < 1.29 is 22.6 Å². The second-order valence-corrected chi connectivity index (χ2v) is 8.39. The maximum atomic E-state index is 13.0. The lowest BCUT2D eigenvalue weighted by Crippen LogP contribution is -2.51. The maximum absolute atomic E-state index is 13.0. The number of rotatable bonds is 3. The van der Waals surface area contributed by atoms with Crippen molar-refractivity contribution in [3.63, 3.8) is 0 Å². The number of benzene rings is 1. The SMILES string of the molecule is COc1c(C)cc(S(=O)(=O)N2CCC3(CC2)OCCCO3)cc1C. The van der Waals surface area contributed by atoms with Crippen molar-refractivity contribution >= 4 is 10.0 Å². The first kappa shape index (κ1) is 17.7. The first-order chi connectivity index (χ1) is 11.4. The van der Waals surface area contributed by atoms with Gasteiger partial charge in [-0.25, -0.2) is 8.42 Å². The fourth-order valence-corrected chi connectivity index (χ4v) is 5.12. The van der Waals surface area contributed by atoms with Gasteiger partial charge in [0.1, 0.15) is 5.75 Å². The summed E-state index contributed by atoms with van der Waals surface area (Å²) >= 11 is 0. The van der Waals surface area contributed by atoms with Crippen LogP contribution in [0.15, 0.2) is 17.0 Å². The van der Waals surface area contributed by atoms with Crippen molar-refractivity contribution in [1.29, 1.82) is 0 Å². The molecule has 24 heavy (non-hydrogen) atoms. The lowest BCUT2D eigenvalue weighted by Gasteiger charge is -2.42. The van der Waals surface area contributed by atoms with Gasteiger partial charge in [0.05, 0.1) is 25.2 Å². The van der Waals surface area contributed by atoms with E-state index in [-0.39, 0.29) is 0 Å². The molecule has 6 nitrogen and oxygen atoms in total. The van der Waals surface area contributed by atoms with Crippen LogP contribution >= 0.6 is 0 Å². The van der Waals surface area contributed by atoms with E-state index in [1.165, 1.54) is 4.31 Å². The van der Waals surface area contributed by atoms with Gasteiger partial charge in [0.2, 0.25) is 10.0 Å². The Labute approximate surface area is 143 Å². The van der Waals surface area contributed by atoms with Crippen molar-refractivity contribution in [1.82, 2.24) is 4.31 Å². The van der Waals surface area contributed by atoms with Gasteiger partial charge >= 0.3 is 0 Å². The van der Waals surface area contributed by atoms with E-state index in [2.05, 4.69) is 0 Å². The molecule has 7 heteroatoms. The van der Waals surface area contributed by atoms with E-state index < -0.39 is 15.8 Å². The van der Waals surface area contributed by atoms with Gasteiger partial charge in [0.25, 0.3) is 0 Å². The van der Waals surface area contributed by atoms with E-state index in [4.69, 9.17) is 14.2 Å². The molecule has 2 aliphatic rings. The lowest BCUT2D eigenvalue weighted by atomic mass is 10.0. The third-order valence-corrected chi connectivity index (χ3v) is 6.66. The molecule has 3 rings (SSSR count). The topological polar surface area (TPSA) is 65.1 Å². The molecule has 0 aliphatic carbocycles. The van der Waals surface area contributed by atoms with Crippen LogP contribution in [0.25, 0.3) is 0 Å². The molecule has 2 heterocycles. The van der Waals surface area contributed by atoms with Crippen molar-refractivity contribution in [3.8, 4) is 5.75 Å². The van der Waals surface area contributed by atoms with Gasteiger partial charge in [-0.15, -0.1) is 0 Å². The normalized spacial score (nSPS) is 21.8. The van der Waals surface area contributed by atoms with Crippen LogP contribution in [-0.4, -0.2) is 51.9 Å². The van der Waals surface area contributed by atoms with Crippen LogP contribution in [0, 0.1) is 13.8 Å². The molecule has 2 fully saturated rings. The predicted octanol–water partition coefficient (Wildman–Crippen LogP) is 2.23. The minimum atomic E-state index is -3.52. The molecule has 0 saturated carbocycles. The summed E-state index contributed by atoms with van der Waals surface area (Å²) in [5.41, 5.74) is 1.65. The second kappa shape index (κ2) is 6.63. The maximum Gasteiger partial charge on any atom is 0.243 e. The molecule has 0 amide bonds. The van der Waals surface area contributed by atoms with Gasteiger partial charge in [-0.2, -0.15) is 4.31 Å². The summed E-state index contributed by atoms with van der Waals surface area (Å²) in [6.45, 7) is 5.91. The number of methoxy groups -OCH3 is 1. The Hall–Kier alpha value is -1.15. The van der Waals surface area contributed by atoms with Crippen LogP contribution in [0.2, 0.25) is 0 Å². The average Bonchev–Trinajstić information content (AvgIpc) is 2.56. The average molecular weight is 355 g/mol. The van der Waals surface area contributed by atoms with Gasteiger partial charge in [-0.05, 0) is 43.5 Å². The molecule has 0 radical (unpaired) electrons. The smallest absolute Gasteiger partial charge is 0.243 e. The third-order valence-electron chi connectivity index (χ3n) is 4.78. The fraction of sp³-hybridized carbons (Fsp3) is 0.647. The molecule has 0 atom stereocenters. The molecular weight excluding hydrogens is 330 g/mol. The molecule has 0 N–H and O–H groups in total. The Morgan fingerprint density at radius 2 is 1.62 bits per heavy atom. The molecule has 2 aliphatic heterocycles. The Kier molecular flexibility index (Phi) is 4.88. The van der Waals surface area contributed by atoms with E-state index >= 15 is 0 Å². The minimum Gasteiger partial charge on any atom is -0.496 e. The van der Waals surface area contributed by atoms with Crippen LogP contribution in [0.3, 0.4) is 0 Å². The van der Waals surface area contributed by atoms with Crippen molar-refractivity contribution in [2.75, 3.05) is 33.4 Å².